The van der Waals surface area contributed by atoms with E-state index in [0.717, 1.165) is 12.0 Å². The van der Waals surface area contributed by atoms with E-state index in [0.29, 0.717) is 0 Å². The number of halogens is 2. The van der Waals surface area contributed by atoms with Crippen LogP contribution in [0.5, 0.6) is 0 Å². The van der Waals surface area contributed by atoms with Gasteiger partial charge in [-0.2, -0.15) is 0 Å². The summed E-state index contributed by atoms with van der Waals surface area (Å²) in [5.74, 6) is 0. The van der Waals surface area contributed by atoms with Crippen molar-refractivity contribution in [2.24, 2.45) is 5.73 Å². The highest BCUT2D eigenvalue weighted by Crippen LogP contribution is 2.18. The van der Waals surface area contributed by atoms with E-state index in [1.165, 1.54) is 5.56 Å². The van der Waals surface area contributed by atoms with Crippen LogP contribution in [0.4, 0.5) is 8.78 Å². The first kappa shape index (κ1) is 11.1. The monoisotopic (exact) mass is 199 g/mol. The summed E-state index contributed by atoms with van der Waals surface area (Å²) in [5.41, 5.74) is 7.58. The van der Waals surface area contributed by atoms with Gasteiger partial charge in [0.2, 0.25) is 6.43 Å². The normalized spacial score (nSPS) is 13.2. The molecular weight excluding hydrogens is 184 g/mol. The lowest BCUT2D eigenvalue weighted by Gasteiger charge is -2.11. The van der Waals surface area contributed by atoms with E-state index in [1.54, 1.807) is 0 Å². The van der Waals surface area contributed by atoms with Gasteiger partial charge in [0.15, 0.2) is 0 Å². The largest absolute Gasteiger partial charge is 0.324 e. The summed E-state index contributed by atoms with van der Waals surface area (Å²) < 4.78 is 24.1. The van der Waals surface area contributed by atoms with Gasteiger partial charge in [-0.3, -0.25) is 0 Å². The van der Waals surface area contributed by atoms with Gasteiger partial charge in [0.05, 0.1) is 0 Å². The number of hydrogen-bond donors (Lipinski definition) is 1. The summed E-state index contributed by atoms with van der Waals surface area (Å²) in [5, 5.41) is 0. The zero-order valence-corrected chi connectivity index (χ0v) is 8.21. The number of alkyl halides is 2. The highest BCUT2D eigenvalue weighted by molar-refractivity contribution is 5.24. The van der Waals surface area contributed by atoms with Gasteiger partial charge in [0.1, 0.15) is 0 Å². The van der Waals surface area contributed by atoms with Crippen molar-refractivity contribution in [3.8, 4) is 0 Å². The van der Waals surface area contributed by atoms with Crippen LogP contribution >= 0.6 is 0 Å². The minimum Gasteiger partial charge on any atom is -0.324 e. The van der Waals surface area contributed by atoms with Crippen LogP contribution in [0.1, 0.15) is 30.5 Å². The van der Waals surface area contributed by atoms with Gasteiger partial charge in [-0.1, -0.05) is 31.2 Å². The summed E-state index contributed by atoms with van der Waals surface area (Å²) in [6, 6.07) is 6.96. The fraction of sp³-hybridized carbons (Fsp3) is 0.455. The molecule has 14 heavy (non-hydrogen) atoms. The quantitative estimate of drug-likeness (QED) is 0.792. The molecule has 2 N–H and O–H groups in total. The molecule has 1 rings (SSSR count). The van der Waals surface area contributed by atoms with Crippen molar-refractivity contribution in [3.63, 3.8) is 0 Å². The summed E-state index contributed by atoms with van der Waals surface area (Å²) in [6.07, 6.45) is -1.66. The molecule has 0 saturated carbocycles. The maximum absolute atomic E-state index is 12.0. The summed E-state index contributed by atoms with van der Waals surface area (Å²) in [7, 11) is 0. The maximum atomic E-state index is 12.0. The molecule has 78 valence electrons. The Morgan fingerprint density at radius 3 is 2.21 bits per heavy atom. The molecule has 0 aliphatic carbocycles. The van der Waals surface area contributed by atoms with Crippen molar-refractivity contribution < 1.29 is 8.78 Å². The molecule has 1 aromatic rings. The Morgan fingerprint density at radius 2 is 1.79 bits per heavy atom. The smallest absolute Gasteiger partial charge is 0.240 e. The molecule has 0 amide bonds. The highest BCUT2D eigenvalue weighted by Gasteiger charge is 2.12. The first-order valence-corrected chi connectivity index (χ1v) is 4.76. The third-order valence-corrected chi connectivity index (χ3v) is 2.25. The number of hydrogen-bond acceptors (Lipinski definition) is 1. The minimum absolute atomic E-state index is 0.272. The molecule has 1 aromatic carbocycles. The lowest BCUT2D eigenvalue weighted by atomic mass is 10.0. The van der Waals surface area contributed by atoms with Gasteiger partial charge in [-0.05, 0) is 17.5 Å². The zero-order valence-electron chi connectivity index (χ0n) is 8.21. The summed E-state index contributed by atoms with van der Waals surface area (Å²) in [4.78, 5) is 0. The third-order valence-electron chi connectivity index (χ3n) is 2.25. The zero-order chi connectivity index (χ0) is 10.6. The fourth-order valence-corrected chi connectivity index (χ4v) is 1.33. The third kappa shape index (κ3) is 3.07. The fourth-order valence-electron chi connectivity index (χ4n) is 1.33. The topological polar surface area (TPSA) is 26.0 Å². The van der Waals surface area contributed by atoms with Crippen molar-refractivity contribution in [2.75, 3.05) is 0 Å². The molecule has 0 radical (unpaired) electrons. The standard InChI is InChI=1S/C11H15F2N/c1-2-8-3-5-9(6-4-8)10(14)7-11(12)13/h3-6,10-11H,2,7,14H2,1H3/t10-/m1/s1. The second-order valence-corrected chi connectivity index (χ2v) is 3.33. The Morgan fingerprint density at radius 1 is 1.21 bits per heavy atom. The van der Waals surface area contributed by atoms with Gasteiger partial charge in [0, 0.05) is 12.5 Å². The van der Waals surface area contributed by atoms with Crippen molar-refractivity contribution in [1.29, 1.82) is 0 Å². The molecule has 0 unspecified atom stereocenters. The van der Waals surface area contributed by atoms with Crippen molar-refractivity contribution in [2.45, 2.75) is 32.2 Å². The molecule has 0 heterocycles. The van der Waals surface area contributed by atoms with Crippen LogP contribution in [0, 0.1) is 0 Å². The molecule has 1 nitrogen and oxygen atoms in total. The number of benzene rings is 1. The highest BCUT2D eigenvalue weighted by atomic mass is 19.3. The van der Waals surface area contributed by atoms with E-state index < -0.39 is 12.5 Å². The van der Waals surface area contributed by atoms with E-state index in [2.05, 4.69) is 0 Å². The number of rotatable bonds is 4. The van der Waals surface area contributed by atoms with Gasteiger partial charge >= 0.3 is 0 Å². The summed E-state index contributed by atoms with van der Waals surface area (Å²) >= 11 is 0. The molecule has 0 bridgehead atoms. The molecule has 1 atom stereocenters. The average molecular weight is 199 g/mol. The predicted molar refractivity (Wildman–Crippen MR) is 53.4 cm³/mol. The maximum Gasteiger partial charge on any atom is 0.240 e. The molecular formula is C11H15F2N. The Kier molecular flexibility index (Phi) is 4.01. The van der Waals surface area contributed by atoms with Crippen LogP contribution in [-0.2, 0) is 6.42 Å². The Hall–Kier alpha value is -0.960. The Bertz CT molecular complexity index is 269. The second-order valence-electron chi connectivity index (χ2n) is 3.33. The van der Waals surface area contributed by atoms with E-state index in [1.807, 2.05) is 31.2 Å². The molecule has 0 aliphatic heterocycles. The average Bonchev–Trinajstić information content (AvgIpc) is 2.17. The van der Waals surface area contributed by atoms with Crippen LogP contribution in [0.25, 0.3) is 0 Å². The number of aryl methyl sites for hydroxylation is 1. The van der Waals surface area contributed by atoms with Gasteiger partial charge in [0.25, 0.3) is 0 Å². The van der Waals surface area contributed by atoms with Crippen LogP contribution in [-0.4, -0.2) is 6.43 Å². The first-order chi connectivity index (χ1) is 6.63. The molecule has 0 saturated heterocycles. The van der Waals surface area contributed by atoms with Crippen molar-refractivity contribution in [3.05, 3.63) is 35.4 Å². The van der Waals surface area contributed by atoms with Crippen LogP contribution < -0.4 is 5.73 Å². The lowest BCUT2D eigenvalue weighted by molar-refractivity contribution is 0.128. The van der Waals surface area contributed by atoms with E-state index in [4.69, 9.17) is 5.73 Å². The predicted octanol–water partition coefficient (Wildman–Crippen LogP) is 2.90. The van der Waals surface area contributed by atoms with Crippen LogP contribution in [0.15, 0.2) is 24.3 Å². The minimum atomic E-state index is -2.34. The lowest BCUT2D eigenvalue weighted by Crippen LogP contribution is -2.13. The Labute approximate surface area is 82.9 Å². The Balaban J connectivity index is 2.66. The SMILES string of the molecule is CCc1ccc([C@H](N)CC(F)F)cc1. The van der Waals surface area contributed by atoms with Crippen molar-refractivity contribution >= 4 is 0 Å². The van der Waals surface area contributed by atoms with Gasteiger partial charge in [-0.15, -0.1) is 0 Å². The summed E-state index contributed by atoms with van der Waals surface area (Å²) in [6.45, 7) is 2.05. The van der Waals surface area contributed by atoms with Gasteiger partial charge in [-0.25, -0.2) is 8.78 Å². The first-order valence-electron chi connectivity index (χ1n) is 4.76. The molecule has 0 fully saturated rings. The van der Waals surface area contributed by atoms with E-state index in [-0.39, 0.29) is 6.42 Å². The molecule has 0 aromatic heterocycles. The number of nitrogens with two attached hydrogens (primary N) is 1. The molecule has 0 aliphatic rings. The van der Waals surface area contributed by atoms with E-state index in [9.17, 15) is 8.78 Å². The van der Waals surface area contributed by atoms with Crippen LogP contribution in [0.3, 0.4) is 0 Å². The molecule has 0 spiro atoms. The van der Waals surface area contributed by atoms with Crippen LogP contribution in [0.2, 0.25) is 0 Å². The molecule has 3 heteroatoms. The van der Waals surface area contributed by atoms with Gasteiger partial charge < -0.3 is 5.73 Å². The van der Waals surface area contributed by atoms with E-state index >= 15 is 0 Å². The second kappa shape index (κ2) is 5.05. The van der Waals surface area contributed by atoms with Crippen molar-refractivity contribution in [1.82, 2.24) is 0 Å².